The van der Waals surface area contributed by atoms with E-state index in [2.05, 4.69) is 21.8 Å². The van der Waals surface area contributed by atoms with Gasteiger partial charge in [0, 0.05) is 44.3 Å². The van der Waals surface area contributed by atoms with Crippen molar-refractivity contribution in [3.05, 3.63) is 36.5 Å². The molecule has 1 aliphatic rings. The Morgan fingerprint density at radius 2 is 1.95 bits per heavy atom. The molecule has 0 spiro atoms. The Kier molecular flexibility index (Phi) is 4.87. The molecular weight excluding hydrogens is 278 g/mol. The summed E-state index contributed by atoms with van der Waals surface area (Å²) in [7, 11) is 2.13. The number of fused-ring (bicyclic) bond motifs is 1. The van der Waals surface area contributed by atoms with Crippen LogP contribution in [0.2, 0.25) is 0 Å². The molecule has 5 nitrogen and oxygen atoms in total. The number of para-hydroxylation sites is 1. The number of aromatic nitrogens is 1. The highest BCUT2D eigenvalue weighted by Gasteiger charge is 2.17. The molecule has 1 aromatic heterocycles. The van der Waals surface area contributed by atoms with Crippen LogP contribution in [0.4, 0.5) is 0 Å². The summed E-state index contributed by atoms with van der Waals surface area (Å²) in [6.07, 6.45) is 1.28. The lowest BCUT2D eigenvalue weighted by Crippen LogP contribution is -2.47. The SMILES string of the molecule is CN1CCN(CC(O)COc2cccc3cccnc23)CC1. The fraction of sp³-hybridized carbons (Fsp3) is 0.471. The minimum absolute atomic E-state index is 0.294. The number of likely N-dealkylation sites (N-methyl/N-ethyl adjacent to an activating group) is 1. The van der Waals surface area contributed by atoms with Gasteiger partial charge in [0.2, 0.25) is 0 Å². The molecule has 2 aromatic rings. The monoisotopic (exact) mass is 301 g/mol. The van der Waals surface area contributed by atoms with Crippen molar-refractivity contribution in [2.75, 3.05) is 46.4 Å². The van der Waals surface area contributed by atoms with E-state index < -0.39 is 6.10 Å². The minimum atomic E-state index is -0.484. The highest BCUT2D eigenvalue weighted by Crippen LogP contribution is 2.23. The molecule has 5 heteroatoms. The second-order valence-corrected chi connectivity index (χ2v) is 5.90. The van der Waals surface area contributed by atoms with Gasteiger partial charge in [-0.2, -0.15) is 0 Å². The van der Waals surface area contributed by atoms with Crippen molar-refractivity contribution in [2.24, 2.45) is 0 Å². The maximum absolute atomic E-state index is 10.2. The smallest absolute Gasteiger partial charge is 0.145 e. The first-order chi connectivity index (χ1) is 10.7. The molecule has 2 heterocycles. The number of benzene rings is 1. The number of piperazine rings is 1. The largest absolute Gasteiger partial charge is 0.489 e. The Hall–Kier alpha value is -1.69. The zero-order chi connectivity index (χ0) is 15.4. The lowest BCUT2D eigenvalue weighted by molar-refractivity contribution is 0.0508. The maximum Gasteiger partial charge on any atom is 0.145 e. The minimum Gasteiger partial charge on any atom is -0.489 e. The van der Waals surface area contributed by atoms with Crippen molar-refractivity contribution in [1.82, 2.24) is 14.8 Å². The Bertz CT molecular complexity index is 606. The van der Waals surface area contributed by atoms with E-state index in [1.807, 2.05) is 30.3 Å². The van der Waals surface area contributed by atoms with Crippen LogP contribution in [0.15, 0.2) is 36.5 Å². The van der Waals surface area contributed by atoms with Gasteiger partial charge in [-0.1, -0.05) is 18.2 Å². The Morgan fingerprint density at radius 1 is 1.18 bits per heavy atom. The molecule has 0 amide bonds. The fourth-order valence-electron chi connectivity index (χ4n) is 2.76. The number of hydrogen-bond donors (Lipinski definition) is 1. The number of pyridine rings is 1. The first-order valence-corrected chi connectivity index (χ1v) is 7.78. The molecule has 1 unspecified atom stereocenters. The van der Waals surface area contributed by atoms with Crippen molar-refractivity contribution in [1.29, 1.82) is 0 Å². The van der Waals surface area contributed by atoms with Gasteiger partial charge >= 0.3 is 0 Å². The van der Waals surface area contributed by atoms with Crippen LogP contribution in [-0.4, -0.2) is 72.4 Å². The van der Waals surface area contributed by atoms with Gasteiger partial charge in [-0.05, 0) is 19.2 Å². The maximum atomic E-state index is 10.2. The van der Waals surface area contributed by atoms with E-state index in [1.54, 1.807) is 6.20 Å². The second kappa shape index (κ2) is 7.05. The van der Waals surface area contributed by atoms with Crippen molar-refractivity contribution in [3.8, 4) is 5.75 Å². The molecule has 1 aromatic carbocycles. The molecule has 1 saturated heterocycles. The normalized spacial score (nSPS) is 18.5. The average Bonchev–Trinajstić information content (AvgIpc) is 2.55. The van der Waals surface area contributed by atoms with Crippen LogP contribution in [-0.2, 0) is 0 Å². The molecule has 0 saturated carbocycles. The van der Waals surface area contributed by atoms with E-state index in [4.69, 9.17) is 4.74 Å². The lowest BCUT2D eigenvalue weighted by atomic mass is 10.2. The molecular formula is C17H23N3O2. The van der Waals surface area contributed by atoms with E-state index in [-0.39, 0.29) is 0 Å². The number of aliphatic hydroxyl groups excluding tert-OH is 1. The predicted molar refractivity (Wildman–Crippen MR) is 87.2 cm³/mol. The van der Waals surface area contributed by atoms with Crippen LogP contribution in [0, 0.1) is 0 Å². The van der Waals surface area contributed by atoms with Gasteiger partial charge in [0.1, 0.15) is 24.0 Å². The number of aliphatic hydroxyl groups is 1. The third-order valence-electron chi connectivity index (χ3n) is 4.09. The van der Waals surface area contributed by atoms with Crippen LogP contribution in [0.5, 0.6) is 5.75 Å². The van der Waals surface area contributed by atoms with Crippen molar-refractivity contribution >= 4 is 10.9 Å². The Balaban J connectivity index is 1.55. The summed E-state index contributed by atoms with van der Waals surface area (Å²) >= 11 is 0. The van der Waals surface area contributed by atoms with Crippen LogP contribution >= 0.6 is 0 Å². The predicted octanol–water partition coefficient (Wildman–Crippen LogP) is 1.22. The summed E-state index contributed by atoms with van der Waals surface area (Å²) in [6.45, 7) is 5.07. The first-order valence-electron chi connectivity index (χ1n) is 7.78. The third-order valence-corrected chi connectivity index (χ3v) is 4.09. The zero-order valence-corrected chi connectivity index (χ0v) is 13.0. The van der Waals surface area contributed by atoms with Gasteiger partial charge < -0.3 is 14.7 Å². The van der Waals surface area contributed by atoms with E-state index in [0.29, 0.717) is 13.2 Å². The summed E-state index contributed by atoms with van der Waals surface area (Å²) in [5.74, 6) is 0.732. The standard InChI is InChI=1S/C17H23N3O2/c1-19-8-10-20(11-9-19)12-15(21)13-22-16-6-2-4-14-5-3-7-18-17(14)16/h2-7,15,21H,8-13H2,1H3. The van der Waals surface area contributed by atoms with Crippen molar-refractivity contribution in [2.45, 2.75) is 6.10 Å². The average molecular weight is 301 g/mol. The van der Waals surface area contributed by atoms with Crippen LogP contribution in [0.1, 0.15) is 0 Å². The van der Waals surface area contributed by atoms with E-state index in [9.17, 15) is 5.11 Å². The van der Waals surface area contributed by atoms with Crippen LogP contribution in [0.25, 0.3) is 10.9 Å². The highest BCUT2D eigenvalue weighted by molar-refractivity contribution is 5.84. The topological polar surface area (TPSA) is 48.8 Å². The van der Waals surface area contributed by atoms with Gasteiger partial charge in [0.05, 0.1) is 0 Å². The molecule has 1 N–H and O–H groups in total. The number of nitrogens with zero attached hydrogens (tertiary/aromatic N) is 3. The molecule has 0 radical (unpaired) electrons. The van der Waals surface area contributed by atoms with Crippen molar-refractivity contribution < 1.29 is 9.84 Å². The molecule has 1 atom stereocenters. The summed E-state index contributed by atoms with van der Waals surface area (Å²) in [5.41, 5.74) is 0.844. The summed E-state index contributed by atoms with van der Waals surface area (Å²) in [5, 5.41) is 11.2. The summed E-state index contributed by atoms with van der Waals surface area (Å²) in [4.78, 5) is 8.95. The Morgan fingerprint density at radius 3 is 2.77 bits per heavy atom. The quantitative estimate of drug-likeness (QED) is 0.900. The molecule has 3 rings (SSSR count). The third kappa shape index (κ3) is 3.74. The lowest BCUT2D eigenvalue weighted by Gasteiger charge is -2.33. The van der Waals surface area contributed by atoms with E-state index in [0.717, 1.165) is 42.8 Å². The zero-order valence-electron chi connectivity index (χ0n) is 13.0. The van der Waals surface area contributed by atoms with Gasteiger partial charge in [0.25, 0.3) is 0 Å². The number of hydrogen-bond acceptors (Lipinski definition) is 5. The van der Waals surface area contributed by atoms with Crippen LogP contribution < -0.4 is 4.74 Å². The molecule has 1 aliphatic heterocycles. The van der Waals surface area contributed by atoms with E-state index >= 15 is 0 Å². The van der Waals surface area contributed by atoms with Gasteiger partial charge in [0.15, 0.2) is 0 Å². The van der Waals surface area contributed by atoms with Gasteiger partial charge in [-0.15, -0.1) is 0 Å². The van der Waals surface area contributed by atoms with Gasteiger partial charge in [-0.25, -0.2) is 0 Å². The molecule has 118 valence electrons. The number of ether oxygens (including phenoxy) is 1. The summed E-state index contributed by atoms with van der Waals surface area (Å²) < 4.78 is 5.79. The van der Waals surface area contributed by atoms with E-state index in [1.165, 1.54) is 0 Å². The van der Waals surface area contributed by atoms with Crippen LogP contribution in [0.3, 0.4) is 0 Å². The number of β-amino-alcohol motifs (C(OH)–C–C–N with tert-alkyl or cyclic N) is 1. The first kappa shape index (κ1) is 15.2. The molecule has 1 fully saturated rings. The molecule has 0 bridgehead atoms. The summed E-state index contributed by atoms with van der Waals surface area (Å²) in [6, 6.07) is 9.78. The highest BCUT2D eigenvalue weighted by atomic mass is 16.5. The van der Waals surface area contributed by atoms with Crippen molar-refractivity contribution in [3.63, 3.8) is 0 Å². The fourth-order valence-corrected chi connectivity index (χ4v) is 2.76. The van der Waals surface area contributed by atoms with Gasteiger partial charge in [-0.3, -0.25) is 9.88 Å². The second-order valence-electron chi connectivity index (χ2n) is 5.90. The molecule has 0 aliphatic carbocycles. The number of rotatable bonds is 5. The Labute approximate surface area is 131 Å². The molecule has 22 heavy (non-hydrogen) atoms.